The van der Waals surface area contributed by atoms with Gasteiger partial charge in [-0.2, -0.15) is 0 Å². The Morgan fingerprint density at radius 3 is 2.78 bits per heavy atom. The normalized spacial score (nSPS) is 16.1. The summed E-state index contributed by atoms with van der Waals surface area (Å²) in [7, 11) is 0. The Balaban J connectivity index is 2.03. The highest BCUT2D eigenvalue weighted by Crippen LogP contribution is 2.23. The SMILES string of the molecule is CC(=Cc1ccccc1OC(C)C)CNC1CC1. The second kappa shape index (κ2) is 6.05. The van der Waals surface area contributed by atoms with Crippen molar-refractivity contribution in [3.63, 3.8) is 0 Å². The van der Waals surface area contributed by atoms with E-state index in [1.165, 1.54) is 24.0 Å². The van der Waals surface area contributed by atoms with Crippen molar-refractivity contribution in [3.05, 3.63) is 35.4 Å². The van der Waals surface area contributed by atoms with Crippen LogP contribution in [0.15, 0.2) is 29.8 Å². The van der Waals surface area contributed by atoms with E-state index >= 15 is 0 Å². The molecule has 1 aliphatic rings. The largest absolute Gasteiger partial charge is 0.490 e. The van der Waals surface area contributed by atoms with Gasteiger partial charge in [-0.3, -0.25) is 0 Å². The van der Waals surface area contributed by atoms with Gasteiger partial charge in [0.15, 0.2) is 0 Å². The summed E-state index contributed by atoms with van der Waals surface area (Å²) in [6.07, 6.45) is 5.10. The van der Waals surface area contributed by atoms with E-state index in [0.29, 0.717) is 0 Å². The molecule has 1 aromatic rings. The average Bonchev–Trinajstić information content (AvgIpc) is 3.12. The summed E-state index contributed by atoms with van der Waals surface area (Å²) in [6.45, 7) is 7.26. The maximum atomic E-state index is 5.82. The predicted octanol–water partition coefficient (Wildman–Crippen LogP) is 3.63. The average molecular weight is 245 g/mol. The number of hydrogen-bond donors (Lipinski definition) is 1. The van der Waals surface area contributed by atoms with E-state index in [1.54, 1.807) is 0 Å². The van der Waals surface area contributed by atoms with Crippen LogP contribution in [0.1, 0.15) is 39.2 Å². The summed E-state index contributed by atoms with van der Waals surface area (Å²) in [5.74, 6) is 0.971. The van der Waals surface area contributed by atoms with Gasteiger partial charge in [-0.15, -0.1) is 0 Å². The lowest BCUT2D eigenvalue weighted by atomic mass is 10.1. The molecule has 2 rings (SSSR count). The van der Waals surface area contributed by atoms with Gasteiger partial charge in [0.25, 0.3) is 0 Å². The molecule has 0 heterocycles. The van der Waals surface area contributed by atoms with Gasteiger partial charge in [0.1, 0.15) is 5.75 Å². The van der Waals surface area contributed by atoms with E-state index < -0.39 is 0 Å². The summed E-state index contributed by atoms with van der Waals surface area (Å²) < 4.78 is 5.82. The van der Waals surface area contributed by atoms with Crippen molar-refractivity contribution in [2.45, 2.75) is 45.8 Å². The minimum atomic E-state index is 0.212. The third-order valence-corrected chi connectivity index (χ3v) is 2.93. The van der Waals surface area contributed by atoms with Gasteiger partial charge in [0, 0.05) is 18.2 Å². The van der Waals surface area contributed by atoms with Crippen molar-refractivity contribution in [2.75, 3.05) is 6.54 Å². The van der Waals surface area contributed by atoms with Crippen LogP contribution in [0.4, 0.5) is 0 Å². The highest BCUT2D eigenvalue weighted by atomic mass is 16.5. The van der Waals surface area contributed by atoms with Crippen LogP contribution in [-0.4, -0.2) is 18.7 Å². The number of ether oxygens (including phenoxy) is 1. The smallest absolute Gasteiger partial charge is 0.126 e. The molecule has 98 valence electrons. The van der Waals surface area contributed by atoms with Gasteiger partial charge in [0.2, 0.25) is 0 Å². The summed E-state index contributed by atoms with van der Waals surface area (Å²) in [4.78, 5) is 0. The monoisotopic (exact) mass is 245 g/mol. The maximum Gasteiger partial charge on any atom is 0.126 e. The predicted molar refractivity (Wildman–Crippen MR) is 76.9 cm³/mol. The zero-order valence-corrected chi connectivity index (χ0v) is 11.6. The van der Waals surface area contributed by atoms with E-state index in [2.05, 4.69) is 44.3 Å². The minimum absolute atomic E-state index is 0.212. The van der Waals surface area contributed by atoms with Crippen LogP contribution in [0.5, 0.6) is 5.75 Å². The Labute approximate surface area is 110 Å². The molecule has 2 heteroatoms. The first kappa shape index (κ1) is 13.2. The van der Waals surface area contributed by atoms with Gasteiger partial charge in [-0.1, -0.05) is 29.8 Å². The summed E-state index contributed by atoms with van der Waals surface area (Å²) in [5.41, 5.74) is 2.52. The molecule has 0 spiro atoms. The van der Waals surface area contributed by atoms with Crippen LogP contribution in [-0.2, 0) is 0 Å². The fraction of sp³-hybridized carbons (Fsp3) is 0.500. The Morgan fingerprint density at radius 2 is 2.11 bits per heavy atom. The van der Waals surface area contributed by atoms with Gasteiger partial charge in [0.05, 0.1) is 6.10 Å². The summed E-state index contributed by atoms with van der Waals surface area (Å²) >= 11 is 0. The molecule has 0 aliphatic heterocycles. The van der Waals surface area contributed by atoms with Crippen molar-refractivity contribution >= 4 is 6.08 Å². The topological polar surface area (TPSA) is 21.3 Å². The maximum absolute atomic E-state index is 5.82. The molecule has 1 fully saturated rings. The lowest BCUT2D eigenvalue weighted by molar-refractivity contribution is 0.242. The standard InChI is InChI=1S/C16H23NO/c1-12(2)18-16-7-5-4-6-14(16)10-13(3)11-17-15-8-9-15/h4-7,10,12,15,17H,8-9,11H2,1-3H3. The number of hydrogen-bond acceptors (Lipinski definition) is 2. The zero-order valence-electron chi connectivity index (χ0n) is 11.6. The van der Waals surface area contributed by atoms with E-state index in [1.807, 2.05) is 12.1 Å². The molecule has 0 saturated heterocycles. The third kappa shape index (κ3) is 4.19. The fourth-order valence-electron chi connectivity index (χ4n) is 1.87. The fourth-order valence-corrected chi connectivity index (χ4v) is 1.87. The second-order valence-electron chi connectivity index (χ2n) is 5.35. The number of benzene rings is 1. The van der Waals surface area contributed by atoms with Gasteiger partial charge < -0.3 is 10.1 Å². The van der Waals surface area contributed by atoms with Crippen LogP contribution in [0.25, 0.3) is 6.08 Å². The molecule has 0 bridgehead atoms. The molecular formula is C16H23NO. The molecule has 0 radical (unpaired) electrons. The van der Waals surface area contributed by atoms with Crippen molar-refractivity contribution in [2.24, 2.45) is 0 Å². The lowest BCUT2D eigenvalue weighted by Crippen LogP contribution is -2.18. The Bertz CT molecular complexity index is 419. The Hall–Kier alpha value is -1.28. The van der Waals surface area contributed by atoms with Gasteiger partial charge in [-0.25, -0.2) is 0 Å². The van der Waals surface area contributed by atoms with Gasteiger partial charge in [-0.05, 0) is 39.7 Å². The van der Waals surface area contributed by atoms with Gasteiger partial charge >= 0.3 is 0 Å². The number of nitrogens with one attached hydrogen (secondary N) is 1. The molecule has 2 nitrogen and oxygen atoms in total. The highest BCUT2D eigenvalue weighted by Gasteiger charge is 2.19. The van der Waals surface area contributed by atoms with Crippen molar-refractivity contribution in [1.82, 2.24) is 5.32 Å². The van der Waals surface area contributed by atoms with E-state index in [9.17, 15) is 0 Å². The molecular weight excluding hydrogens is 222 g/mol. The lowest BCUT2D eigenvalue weighted by Gasteiger charge is -2.13. The van der Waals surface area contributed by atoms with E-state index in [0.717, 1.165) is 18.3 Å². The Kier molecular flexibility index (Phi) is 4.43. The first-order valence-electron chi connectivity index (χ1n) is 6.81. The van der Waals surface area contributed by atoms with Crippen LogP contribution in [0, 0.1) is 0 Å². The van der Waals surface area contributed by atoms with Crippen LogP contribution < -0.4 is 10.1 Å². The van der Waals surface area contributed by atoms with Crippen LogP contribution in [0.2, 0.25) is 0 Å². The highest BCUT2D eigenvalue weighted by molar-refractivity contribution is 5.59. The zero-order chi connectivity index (χ0) is 13.0. The quantitative estimate of drug-likeness (QED) is 0.826. The molecule has 1 saturated carbocycles. The second-order valence-corrected chi connectivity index (χ2v) is 5.35. The van der Waals surface area contributed by atoms with Crippen LogP contribution in [0.3, 0.4) is 0 Å². The first-order valence-corrected chi connectivity index (χ1v) is 6.81. The number of para-hydroxylation sites is 1. The molecule has 0 unspecified atom stereocenters. The molecule has 1 N–H and O–H groups in total. The van der Waals surface area contributed by atoms with Crippen molar-refractivity contribution < 1.29 is 4.74 Å². The van der Waals surface area contributed by atoms with Crippen LogP contribution >= 0.6 is 0 Å². The summed E-state index contributed by atoms with van der Waals surface area (Å²) in [6, 6.07) is 8.98. The van der Waals surface area contributed by atoms with E-state index in [4.69, 9.17) is 4.74 Å². The minimum Gasteiger partial charge on any atom is -0.490 e. The number of rotatable bonds is 6. The third-order valence-electron chi connectivity index (χ3n) is 2.93. The molecule has 0 atom stereocenters. The first-order chi connectivity index (χ1) is 8.65. The van der Waals surface area contributed by atoms with E-state index in [-0.39, 0.29) is 6.10 Å². The van der Waals surface area contributed by atoms with Crippen molar-refractivity contribution in [3.8, 4) is 5.75 Å². The molecule has 0 aromatic heterocycles. The molecule has 18 heavy (non-hydrogen) atoms. The molecule has 1 aliphatic carbocycles. The summed E-state index contributed by atoms with van der Waals surface area (Å²) in [5, 5.41) is 3.53. The molecule has 0 amide bonds. The molecule has 1 aromatic carbocycles. The van der Waals surface area contributed by atoms with Crippen molar-refractivity contribution in [1.29, 1.82) is 0 Å². The Morgan fingerprint density at radius 1 is 1.39 bits per heavy atom.